The first kappa shape index (κ1) is 27.1. The molecular formula is C30H34O11. The molecule has 1 aliphatic carbocycles. The molecule has 2 aromatic carbocycles. The van der Waals surface area contributed by atoms with E-state index in [9.17, 15) is 9.59 Å². The summed E-state index contributed by atoms with van der Waals surface area (Å²) in [6.45, 7) is 5.19. The Bertz CT molecular complexity index is 1420. The van der Waals surface area contributed by atoms with Crippen molar-refractivity contribution < 1.29 is 52.2 Å². The highest BCUT2D eigenvalue weighted by molar-refractivity contribution is 6.12. The fourth-order valence-electron chi connectivity index (χ4n) is 6.90. The first-order valence-corrected chi connectivity index (χ1v) is 14.1. The Kier molecular flexibility index (Phi) is 6.53. The van der Waals surface area contributed by atoms with E-state index in [1.165, 1.54) is 6.92 Å². The molecule has 2 bridgehead atoms. The van der Waals surface area contributed by atoms with E-state index >= 15 is 0 Å². The monoisotopic (exact) mass is 570 g/mol. The van der Waals surface area contributed by atoms with Crippen molar-refractivity contribution in [3.05, 3.63) is 28.3 Å². The van der Waals surface area contributed by atoms with Crippen LogP contribution in [0.1, 0.15) is 59.3 Å². The van der Waals surface area contributed by atoms with E-state index in [1.54, 1.807) is 14.2 Å². The molecule has 41 heavy (non-hydrogen) atoms. The van der Waals surface area contributed by atoms with Crippen molar-refractivity contribution in [2.45, 2.75) is 69.4 Å². The fourth-order valence-corrected chi connectivity index (χ4v) is 6.90. The molecule has 0 N–H and O–H groups in total. The quantitative estimate of drug-likeness (QED) is 0.289. The summed E-state index contributed by atoms with van der Waals surface area (Å²) in [4.78, 5) is 25.8. The summed E-state index contributed by atoms with van der Waals surface area (Å²) < 4.78 is 55.2. The zero-order valence-electron chi connectivity index (χ0n) is 23.7. The number of methoxy groups -OCH3 is 2. The Morgan fingerprint density at radius 1 is 1.07 bits per heavy atom. The highest BCUT2D eigenvalue weighted by Crippen LogP contribution is 2.61. The maximum absolute atomic E-state index is 13.3. The van der Waals surface area contributed by atoms with Gasteiger partial charge in [-0.05, 0) is 37.8 Å². The Morgan fingerprint density at radius 2 is 1.85 bits per heavy atom. The Labute approximate surface area is 237 Å². The lowest BCUT2D eigenvalue weighted by Gasteiger charge is -2.53. The van der Waals surface area contributed by atoms with Crippen molar-refractivity contribution in [1.29, 1.82) is 0 Å². The van der Waals surface area contributed by atoms with E-state index in [0.29, 0.717) is 66.9 Å². The van der Waals surface area contributed by atoms with Gasteiger partial charge >= 0.3 is 5.97 Å². The van der Waals surface area contributed by atoms with Gasteiger partial charge in [0.1, 0.15) is 17.6 Å². The third kappa shape index (κ3) is 3.94. The fraction of sp³-hybridized carbons (Fsp3) is 0.600. The summed E-state index contributed by atoms with van der Waals surface area (Å²) >= 11 is 0. The topological polar surface area (TPSA) is 121 Å². The first-order valence-electron chi connectivity index (χ1n) is 14.1. The van der Waals surface area contributed by atoms with Gasteiger partial charge in [0.05, 0.1) is 51.1 Å². The molecule has 11 nitrogen and oxygen atoms in total. The van der Waals surface area contributed by atoms with Gasteiger partial charge in [-0.15, -0.1) is 0 Å². The second-order valence-corrected chi connectivity index (χ2v) is 11.2. The molecule has 5 aliphatic rings. The molecular weight excluding hydrogens is 536 g/mol. The molecule has 220 valence electrons. The van der Waals surface area contributed by atoms with Crippen molar-refractivity contribution in [2.24, 2.45) is 0 Å². The predicted molar refractivity (Wildman–Crippen MR) is 142 cm³/mol. The van der Waals surface area contributed by atoms with Gasteiger partial charge in [0.15, 0.2) is 29.5 Å². The second-order valence-electron chi connectivity index (χ2n) is 11.2. The number of rotatable bonds is 6. The highest BCUT2D eigenvalue weighted by atomic mass is 16.8. The molecule has 1 spiro atoms. The minimum Gasteiger partial charge on any atom is -0.496 e. The van der Waals surface area contributed by atoms with Crippen LogP contribution in [0, 0.1) is 6.92 Å². The molecule has 4 atom stereocenters. The molecule has 0 saturated carbocycles. The summed E-state index contributed by atoms with van der Waals surface area (Å²) in [6.07, 6.45) is 0.598. The number of aryl methyl sites for hydroxylation is 1. The number of ether oxygens (including phenoxy) is 9. The Balaban J connectivity index is 1.46. The molecule has 3 fully saturated rings. The van der Waals surface area contributed by atoms with Gasteiger partial charge in [-0.25, -0.2) is 0 Å². The number of esters is 1. The van der Waals surface area contributed by atoms with Crippen LogP contribution in [0.4, 0.5) is 0 Å². The number of Topliss-reactive ketones (excluding diaryl/α,β-unsaturated/α-hetero) is 1. The summed E-state index contributed by atoms with van der Waals surface area (Å²) in [6, 6.07) is 1.97. The zero-order valence-corrected chi connectivity index (χ0v) is 23.7. The number of hydrogen-bond acceptors (Lipinski definition) is 11. The van der Waals surface area contributed by atoms with Crippen molar-refractivity contribution in [3.8, 4) is 17.2 Å². The standard InChI is InChI=1S/C30H34O11/c1-15-11-18-23(25(40-16(2)31)22-17(24(18)33-3)7-5-8-19(22)32)26-21(15)27-28(37-12-20-35-9-6-10-36-20)30(34-4,41-26)29(13-38-27)14-39-29/h11,20,27-28H,5-10,12-14H2,1-4H3/t27?,28?,29-,30+/m0/s1. The van der Waals surface area contributed by atoms with Crippen molar-refractivity contribution in [2.75, 3.05) is 47.3 Å². The average Bonchev–Trinajstić information content (AvgIpc) is 3.75. The van der Waals surface area contributed by atoms with Gasteiger partial charge in [0.25, 0.3) is 5.79 Å². The third-order valence-electron chi connectivity index (χ3n) is 8.78. The van der Waals surface area contributed by atoms with Crippen LogP contribution in [0.3, 0.4) is 0 Å². The summed E-state index contributed by atoms with van der Waals surface area (Å²) in [5.41, 5.74) is 1.75. The van der Waals surface area contributed by atoms with Crippen LogP contribution >= 0.6 is 0 Å². The highest BCUT2D eigenvalue weighted by Gasteiger charge is 2.75. The number of carbonyl (C=O) groups is 2. The van der Waals surface area contributed by atoms with E-state index in [-0.39, 0.29) is 24.7 Å². The van der Waals surface area contributed by atoms with Gasteiger partial charge in [0.2, 0.25) is 0 Å². The summed E-state index contributed by atoms with van der Waals surface area (Å²) in [5.74, 6) is -0.936. The Hall–Kier alpha value is -2.80. The number of benzene rings is 2. The lowest BCUT2D eigenvalue weighted by molar-refractivity contribution is -0.346. The molecule has 0 aromatic heterocycles. The van der Waals surface area contributed by atoms with Crippen LogP contribution in [0.15, 0.2) is 6.07 Å². The average molecular weight is 571 g/mol. The lowest BCUT2D eigenvalue weighted by Crippen LogP contribution is -2.69. The molecule has 0 radical (unpaired) electrons. The summed E-state index contributed by atoms with van der Waals surface area (Å²) in [5, 5.41) is 1.13. The smallest absolute Gasteiger partial charge is 0.308 e. The third-order valence-corrected chi connectivity index (χ3v) is 8.78. The SMILES string of the molecule is COc1c2c(c(OC(C)=O)c3c4c(c(C)cc13)C1OC[C@]3(CO3)[C@](OC)(O4)C1OCC1OCCCO1)C(=O)CCC2. The van der Waals surface area contributed by atoms with E-state index in [0.717, 1.165) is 23.1 Å². The number of ketones is 1. The maximum Gasteiger partial charge on any atom is 0.308 e. The van der Waals surface area contributed by atoms with Crippen LogP contribution in [0.5, 0.6) is 17.2 Å². The molecule has 11 heteroatoms. The minimum absolute atomic E-state index is 0.110. The Morgan fingerprint density at radius 3 is 2.54 bits per heavy atom. The van der Waals surface area contributed by atoms with Crippen LogP contribution in [0.25, 0.3) is 10.8 Å². The van der Waals surface area contributed by atoms with Crippen LogP contribution in [-0.4, -0.2) is 82.8 Å². The molecule has 7 rings (SSSR count). The van der Waals surface area contributed by atoms with Crippen molar-refractivity contribution >= 4 is 22.5 Å². The number of fused-ring (bicyclic) bond motifs is 8. The molecule has 3 saturated heterocycles. The van der Waals surface area contributed by atoms with E-state index in [2.05, 4.69) is 0 Å². The molecule has 0 amide bonds. The number of hydrogen-bond donors (Lipinski definition) is 0. The van der Waals surface area contributed by atoms with Gasteiger partial charge < -0.3 is 42.6 Å². The summed E-state index contributed by atoms with van der Waals surface area (Å²) in [7, 11) is 3.13. The van der Waals surface area contributed by atoms with Gasteiger partial charge in [-0.3, -0.25) is 9.59 Å². The lowest BCUT2D eigenvalue weighted by atomic mass is 9.79. The second kappa shape index (κ2) is 9.89. The normalized spacial score (nSPS) is 30.5. The van der Waals surface area contributed by atoms with Crippen LogP contribution in [0.2, 0.25) is 0 Å². The molecule has 4 heterocycles. The van der Waals surface area contributed by atoms with Crippen LogP contribution in [-0.2, 0) is 39.6 Å². The number of carbonyl (C=O) groups excluding carboxylic acids is 2. The van der Waals surface area contributed by atoms with Gasteiger partial charge in [-0.1, -0.05) is 0 Å². The van der Waals surface area contributed by atoms with Crippen molar-refractivity contribution in [1.82, 2.24) is 0 Å². The van der Waals surface area contributed by atoms with Crippen molar-refractivity contribution in [3.63, 3.8) is 0 Å². The largest absolute Gasteiger partial charge is 0.496 e. The van der Waals surface area contributed by atoms with Crippen LogP contribution < -0.4 is 14.2 Å². The zero-order chi connectivity index (χ0) is 28.5. The molecule has 2 aromatic rings. The van der Waals surface area contributed by atoms with E-state index < -0.39 is 35.9 Å². The maximum atomic E-state index is 13.3. The van der Waals surface area contributed by atoms with E-state index in [4.69, 9.17) is 42.6 Å². The van der Waals surface area contributed by atoms with Gasteiger partial charge in [-0.2, -0.15) is 0 Å². The predicted octanol–water partition coefficient (Wildman–Crippen LogP) is 3.32. The van der Waals surface area contributed by atoms with Gasteiger partial charge in [0, 0.05) is 37.0 Å². The first-order chi connectivity index (χ1) is 19.8. The molecule has 4 aliphatic heterocycles. The number of epoxide rings is 1. The van der Waals surface area contributed by atoms with E-state index in [1.807, 2.05) is 13.0 Å². The molecule has 2 unspecified atom stereocenters. The minimum atomic E-state index is -1.40.